The summed E-state index contributed by atoms with van der Waals surface area (Å²) in [5.74, 6) is 0. The molecule has 0 unspecified atom stereocenters. The van der Waals surface area contributed by atoms with Crippen molar-refractivity contribution in [1.82, 2.24) is 0 Å². The molecule has 0 bridgehead atoms. The topological polar surface area (TPSA) is 75.4 Å². The van der Waals surface area contributed by atoms with E-state index in [1.54, 1.807) is 12.1 Å². The predicted octanol–water partition coefficient (Wildman–Crippen LogP) is 3.87. The number of para-hydroxylation sites is 2. The van der Waals surface area contributed by atoms with Crippen LogP contribution in [0.5, 0.6) is 0 Å². The first-order valence-electron chi connectivity index (χ1n) is 7.79. The largest absolute Gasteiger partial charge is 0.332 e. The normalized spacial score (nSPS) is 11.0. The van der Waals surface area contributed by atoms with Gasteiger partial charge in [-0.25, -0.2) is 13.6 Å². The molecule has 7 heteroatoms. The number of nitrogens with two attached hydrogens (primary N) is 1. The summed E-state index contributed by atoms with van der Waals surface area (Å²) in [5, 5.41) is 8.84. The van der Waals surface area contributed by atoms with Crippen LogP contribution in [-0.2, 0) is 10.0 Å². The molecule has 0 saturated heterocycles. The highest BCUT2D eigenvalue weighted by Crippen LogP contribution is 2.27. The summed E-state index contributed by atoms with van der Waals surface area (Å²) < 4.78 is 23.0. The van der Waals surface area contributed by atoms with Crippen LogP contribution < -0.4 is 15.4 Å². The molecule has 0 aliphatic heterocycles. The van der Waals surface area contributed by atoms with Crippen LogP contribution in [0.4, 0.5) is 17.1 Å². The fourth-order valence-corrected chi connectivity index (χ4v) is 3.29. The molecular weight excluding hydrogens is 366 g/mol. The van der Waals surface area contributed by atoms with E-state index in [0.717, 1.165) is 17.1 Å². The molecule has 3 aromatic rings. The van der Waals surface area contributed by atoms with E-state index in [0.29, 0.717) is 5.11 Å². The molecule has 0 amide bonds. The van der Waals surface area contributed by atoms with Gasteiger partial charge in [0.25, 0.3) is 0 Å². The number of hydrogen-bond acceptors (Lipinski definition) is 3. The van der Waals surface area contributed by atoms with Gasteiger partial charge < -0.3 is 5.32 Å². The van der Waals surface area contributed by atoms with Gasteiger partial charge in [0.2, 0.25) is 10.0 Å². The summed E-state index contributed by atoms with van der Waals surface area (Å²) in [6.45, 7) is 0. The molecule has 5 nitrogen and oxygen atoms in total. The lowest BCUT2D eigenvalue weighted by Gasteiger charge is -2.26. The minimum atomic E-state index is -3.75. The van der Waals surface area contributed by atoms with E-state index in [2.05, 4.69) is 5.32 Å². The summed E-state index contributed by atoms with van der Waals surface area (Å²) in [7, 11) is -3.75. The quantitative estimate of drug-likeness (QED) is 0.669. The number of benzene rings is 3. The van der Waals surface area contributed by atoms with Gasteiger partial charge in [0.1, 0.15) is 0 Å². The highest BCUT2D eigenvalue weighted by Gasteiger charge is 2.16. The lowest BCUT2D eigenvalue weighted by molar-refractivity contribution is 0.598. The summed E-state index contributed by atoms with van der Waals surface area (Å²) in [6, 6.07) is 25.4. The van der Waals surface area contributed by atoms with Crippen molar-refractivity contribution < 1.29 is 8.42 Å². The van der Waals surface area contributed by atoms with Crippen molar-refractivity contribution in [3.63, 3.8) is 0 Å². The number of sulfonamides is 1. The van der Waals surface area contributed by atoms with Crippen molar-refractivity contribution in [2.24, 2.45) is 5.14 Å². The minimum Gasteiger partial charge on any atom is -0.332 e. The van der Waals surface area contributed by atoms with E-state index >= 15 is 0 Å². The number of primary sulfonamides is 1. The number of anilines is 3. The second-order valence-corrected chi connectivity index (χ2v) is 7.45. The van der Waals surface area contributed by atoms with E-state index in [-0.39, 0.29) is 4.90 Å². The van der Waals surface area contributed by atoms with E-state index in [4.69, 9.17) is 17.4 Å². The highest BCUT2D eigenvalue weighted by molar-refractivity contribution is 7.89. The zero-order valence-corrected chi connectivity index (χ0v) is 15.4. The van der Waals surface area contributed by atoms with Gasteiger partial charge in [0.05, 0.1) is 4.90 Å². The molecule has 0 spiro atoms. The van der Waals surface area contributed by atoms with Crippen LogP contribution in [0, 0.1) is 0 Å². The van der Waals surface area contributed by atoms with E-state index in [1.165, 1.54) is 12.1 Å². The van der Waals surface area contributed by atoms with Crippen molar-refractivity contribution in [2.45, 2.75) is 4.90 Å². The van der Waals surface area contributed by atoms with Gasteiger partial charge >= 0.3 is 0 Å². The Morgan fingerprint density at radius 2 is 1.31 bits per heavy atom. The Morgan fingerprint density at radius 1 is 0.808 bits per heavy atom. The summed E-state index contributed by atoms with van der Waals surface area (Å²) in [4.78, 5) is 1.88. The first-order valence-corrected chi connectivity index (χ1v) is 9.75. The molecule has 0 saturated carbocycles. The predicted molar refractivity (Wildman–Crippen MR) is 109 cm³/mol. The van der Waals surface area contributed by atoms with Gasteiger partial charge in [0.15, 0.2) is 5.11 Å². The van der Waals surface area contributed by atoms with E-state index in [9.17, 15) is 8.42 Å². The number of thiocarbonyl (C=S) groups is 1. The van der Waals surface area contributed by atoms with Gasteiger partial charge in [-0.3, -0.25) is 4.90 Å². The molecule has 0 heterocycles. The Morgan fingerprint density at radius 3 is 1.85 bits per heavy atom. The average molecular weight is 383 g/mol. The van der Waals surface area contributed by atoms with Gasteiger partial charge in [-0.1, -0.05) is 36.4 Å². The molecule has 0 atom stereocenters. The van der Waals surface area contributed by atoms with Crippen LogP contribution in [0.2, 0.25) is 0 Å². The Kier molecular flexibility index (Phi) is 5.32. The van der Waals surface area contributed by atoms with Crippen molar-refractivity contribution in [1.29, 1.82) is 0 Å². The maximum atomic E-state index is 11.5. The molecule has 3 N–H and O–H groups in total. The Labute approximate surface area is 158 Å². The summed E-state index contributed by atoms with van der Waals surface area (Å²) in [5.41, 5.74) is 2.43. The van der Waals surface area contributed by atoms with E-state index < -0.39 is 10.0 Å². The summed E-state index contributed by atoms with van der Waals surface area (Å²) >= 11 is 5.60. The van der Waals surface area contributed by atoms with Crippen LogP contribution in [-0.4, -0.2) is 13.5 Å². The number of nitrogens with zero attached hydrogens (tertiary/aromatic N) is 1. The van der Waals surface area contributed by atoms with Crippen LogP contribution in [0.15, 0.2) is 89.8 Å². The van der Waals surface area contributed by atoms with Gasteiger partial charge in [-0.05, 0) is 60.7 Å². The monoisotopic (exact) mass is 383 g/mol. The van der Waals surface area contributed by atoms with Crippen LogP contribution in [0.1, 0.15) is 0 Å². The number of nitrogens with one attached hydrogen (secondary N) is 1. The van der Waals surface area contributed by atoms with Crippen molar-refractivity contribution in [3.05, 3.63) is 84.9 Å². The third-order valence-electron chi connectivity index (χ3n) is 3.67. The van der Waals surface area contributed by atoms with Crippen LogP contribution in [0.25, 0.3) is 0 Å². The van der Waals surface area contributed by atoms with Crippen molar-refractivity contribution in [3.8, 4) is 0 Å². The maximum absolute atomic E-state index is 11.5. The Hall–Kier alpha value is -2.74. The first kappa shape index (κ1) is 18.1. The Bertz CT molecular complexity index is 990. The molecule has 132 valence electrons. The SMILES string of the molecule is NS(=O)(=O)c1ccc(N(C(=S)Nc2ccccc2)c2ccccc2)cc1. The fraction of sp³-hybridized carbons (Fsp3) is 0. The van der Waals surface area contributed by atoms with Crippen molar-refractivity contribution in [2.75, 3.05) is 10.2 Å². The number of rotatable bonds is 4. The molecule has 0 aliphatic rings. The second kappa shape index (κ2) is 7.65. The molecule has 0 fully saturated rings. The molecule has 0 radical (unpaired) electrons. The molecule has 0 aliphatic carbocycles. The lowest BCUT2D eigenvalue weighted by Crippen LogP contribution is -2.30. The van der Waals surface area contributed by atoms with Gasteiger partial charge in [0, 0.05) is 17.1 Å². The zero-order chi connectivity index (χ0) is 18.6. The van der Waals surface area contributed by atoms with Crippen molar-refractivity contribution >= 4 is 44.4 Å². The summed E-state index contributed by atoms with van der Waals surface area (Å²) in [6.07, 6.45) is 0. The molecular formula is C19H17N3O2S2. The molecule has 3 aromatic carbocycles. The third kappa shape index (κ3) is 4.26. The molecule has 26 heavy (non-hydrogen) atoms. The van der Waals surface area contributed by atoms with Gasteiger partial charge in [-0.2, -0.15) is 0 Å². The lowest BCUT2D eigenvalue weighted by atomic mass is 10.2. The average Bonchev–Trinajstić information content (AvgIpc) is 2.63. The van der Waals surface area contributed by atoms with Gasteiger partial charge in [-0.15, -0.1) is 0 Å². The maximum Gasteiger partial charge on any atom is 0.238 e. The first-order chi connectivity index (χ1) is 12.4. The molecule has 0 aromatic heterocycles. The highest BCUT2D eigenvalue weighted by atomic mass is 32.2. The number of hydrogen-bond donors (Lipinski definition) is 2. The van der Waals surface area contributed by atoms with E-state index in [1.807, 2.05) is 65.6 Å². The van der Waals surface area contributed by atoms with Crippen LogP contribution >= 0.6 is 12.2 Å². The van der Waals surface area contributed by atoms with Crippen LogP contribution in [0.3, 0.4) is 0 Å². The Balaban J connectivity index is 1.97. The smallest absolute Gasteiger partial charge is 0.238 e. The third-order valence-corrected chi connectivity index (χ3v) is 4.88. The zero-order valence-electron chi connectivity index (χ0n) is 13.7. The minimum absolute atomic E-state index is 0.0520. The fourth-order valence-electron chi connectivity index (χ4n) is 2.45. The molecule has 3 rings (SSSR count). The second-order valence-electron chi connectivity index (χ2n) is 5.51. The standard InChI is InChI=1S/C19H17N3O2S2/c20-26(23,24)18-13-11-17(12-14-18)22(16-9-5-2-6-10-16)19(25)21-15-7-3-1-4-8-15/h1-14H,(H,21,25)(H2,20,23,24).